The van der Waals surface area contributed by atoms with Gasteiger partial charge in [-0.25, -0.2) is 4.98 Å². The molecule has 0 spiro atoms. The molecule has 2 heterocycles. The zero-order valence-corrected chi connectivity index (χ0v) is 10.5. The molecule has 1 unspecified atom stereocenters. The second-order valence-corrected chi connectivity index (χ2v) is 4.41. The molecule has 4 N–H and O–H groups in total. The number of amidine groups is 1. The predicted octanol–water partition coefficient (Wildman–Crippen LogP) is 0.217. The standard InChI is InChI=1S/C11H15ClN4O2/c12-9-8(10(13)14)1-2-15-11(9)16-3-4-18-7(5-16)6-17/h1-2,7,17H,3-6H2,(H3,13,14). The van der Waals surface area contributed by atoms with Crippen LogP contribution in [0.5, 0.6) is 0 Å². The Hall–Kier alpha value is -1.37. The number of morpholine rings is 1. The zero-order valence-electron chi connectivity index (χ0n) is 9.77. The van der Waals surface area contributed by atoms with Gasteiger partial charge in [-0.1, -0.05) is 11.6 Å². The Bertz CT molecular complexity index is 455. The summed E-state index contributed by atoms with van der Waals surface area (Å²) in [4.78, 5) is 6.15. The molecule has 2 rings (SSSR count). The summed E-state index contributed by atoms with van der Waals surface area (Å²) in [6, 6.07) is 1.61. The molecule has 0 bridgehead atoms. The molecule has 7 heteroatoms. The summed E-state index contributed by atoms with van der Waals surface area (Å²) < 4.78 is 5.37. The number of aliphatic hydroxyl groups is 1. The first-order valence-electron chi connectivity index (χ1n) is 5.59. The van der Waals surface area contributed by atoms with Gasteiger partial charge in [0.25, 0.3) is 0 Å². The van der Waals surface area contributed by atoms with Gasteiger partial charge < -0.3 is 20.5 Å². The van der Waals surface area contributed by atoms with Gasteiger partial charge in [0.1, 0.15) is 11.7 Å². The third-order valence-corrected chi connectivity index (χ3v) is 3.18. The van der Waals surface area contributed by atoms with E-state index in [1.165, 1.54) is 0 Å². The number of ether oxygens (including phenoxy) is 1. The Morgan fingerprint density at radius 3 is 3.17 bits per heavy atom. The van der Waals surface area contributed by atoms with Crippen LogP contribution in [0.25, 0.3) is 0 Å². The summed E-state index contributed by atoms with van der Waals surface area (Å²) in [6.45, 7) is 1.63. The van der Waals surface area contributed by atoms with Crippen LogP contribution in [-0.4, -0.2) is 48.3 Å². The van der Waals surface area contributed by atoms with Crippen LogP contribution in [0, 0.1) is 5.41 Å². The normalized spacial score (nSPS) is 19.9. The smallest absolute Gasteiger partial charge is 0.148 e. The van der Waals surface area contributed by atoms with Crippen molar-refractivity contribution >= 4 is 23.3 Å². The summed E-state index contributed by atoms with van der Waals surface area (Å²) in [7, 11) is 0. The van der Waals surface area contributed by atoms with Crippen LogP contribution in [0.3, 0.4) is 0 Å². The number of halogens is 1. The highest BCUT2D eigenvalue weighted by atomic mass is 35.5. The van der Waals surface area contributed by atoms with Crippen molar-refractivity contribution in [3.63, 3.8) is 0 Å². The number of hydrogen-bond donors (Lipinski definition) is 3. The maximum atomic E-state index is 9.11. The molecular formula is C11H15ClN4O2. The lowest BCUT2D eigenvalue weighted by atomic mass is 10.2. The van der Waals surface area contributed by atoms with E-state index >= 15 is 0 Å². The quantitative estimate of drug-likeness (QED) is 0.539. The zero-order chi connectivity index (χ0) is 13.1. The molecule has 98 valence electrons. The average Bonchev–Trinajstić information content (AvgIpc) is 2.38. The van der Waals surface area contributed by atoms with E-state index in [1.807, 2.05) is 4.90 Å². The number of nitrogen functional groups attached to an aromatic ring is 1. The van der Waals surface area contributed by atoms with Crippen molar-refractivity contribution < 1.29 is 9.84 Å². The van der Waals surface area contributed by atoms with Gasteiger partial charge in [-0.3, -0.25) is 5.41 Å². The molecule has 0 aromatic carbocycles. The molecule has 1 fully saturated rings. The van der Waals surface area contributed by atoms with Crippen molar-refractivity contribution in [2.75, 3.05) is 31.2 Å². The molecule has 1 aliphatic rings. The van der Waals surface area contributed by atoms with Crippen LogP contribution in [-0.2, 0) is 4.74 Å². The van der Waals surface area contributed by atoms with Crippen LogP contribution in [0.2, 0.25) is 5.02 Å². The SMILES string of the molecule is N=C(N)c1ccnc(N2CCOC(CO)C2)c1Cl. The lowest BCUT2D eigenvalue weighted by Gasteiger charge is -2.33. The van der Waals surface area contributed by atoms with Crippen molar-refractivity contribution in [2.45, 2.75) is 6.10 Å². The molecule has 1 aromatic rings. The van der Waals surface area contributed by atoms with E-state index in [0.29, 0.717) is 36.1 Å². The fourth-order valence-electron chi connectivity index (χ4n) is 1.88. The molecule has 6 nitrogen and oxygen atoms in total. The van der Waals surface area contributed by atoms with E-state index < -0.39 is 0 Å². The lowest BCUT2D eigenvalue weighted by Crippen LogP contribution is -2.44. The molecule has 1 atom stereocenters. The number of nitrogens with zero attached hydrogens (tertiary/aromatic N) is 2. The van der Waals surface area contributed by atoms with E-state index in [0.717, 1.165) is 0 Å². The molecule has 1 saturated heterocycles. The van der Waals surface area contributed by atoms with E-state index in [1.54, 1.807) is 12.3 Å². The minimum absolute atomic E-state index is 0.0412. The van der Waals surface area contributed by atoms with Crippen molar-refractivity contribution in [2.24, 2.45) is 5.73 Å². The summed E-state index contributed by atoms with van der Waals surface area (Å²) in [5.41, 5.74) is 5.92. The van der Waals surface area contributed by atoms with Crippen molar-refractivity contribution in [3.8, 4) is 0 Å². The first-order chi connectivity index (χ1) is 8.63. The highest BCUT2D eigenvalue weighted by Gasteiger charge is 2.23. The Kier molecular flexibility index (Phi) is 4.00. The van der Waals surface area contributed by atoms with Gasteiger partial charge in [-0.2, -0.15) is 0 Å². The summed E-state index contributed by atoms with van der Waals surface area (Å²) >= 11 is 6.20. The second-order valence-electron chi connectivity index (χ2n) is 4.03. The molecule has 0 aliphatic carbocycles. The van der Waals surface area contributed by atoms with E-state index in [9.17, 15) is 0 Å². The van der Waals surface area contributed by atoms with E-state index in [2.05, 4.69) is 4.98 Å². The molecule has 18 heavy (non-hydrogen) atoms. The van der Waals surface area contributed by atoms with Crippen molar-refractivity contribution in [1.82, 2.24) is 4.98 Å². The fourth-order valence-corrected chi connectivity index (χ4v) is 2.22. The summed E-state index contributed by atoms with van der Waals surface area (Å²) in [6.07, 6.45) is 1.33. The molecular weight excluding hydrogens is 256 g/mol. The number of nitrogens with one attached hydrogen (secondary N) is 1. The minimum Gasteiger partial charge on any atom is -0.394 e. The van der Waals surface area contributed by atoms with Gasteiger partial charge in [0.05, 0.1) is 24.3 Å². The molecule has 1 aromatic heterocycles. The number of rotatable bonds is 3. The van der Waals surface area contributed by atoms with Gasteiger partial charge in [0.15, 0.2) is 0 Å². The van der Waals surface area contributed by atoms with E-state index in [-0.39, 0.29) is 18.5 Å². The number of hydrogen-bond acceptors (Lipinski definition) is 5. The third-order valence-electron chi connectivity index (χ3n) is 2.80. The first-order valence-corrected chi connectivity index (χ1v) is 5.97. The van der Waals surface area contributed by atoms with Gasteiger partial charge in [-0.05, 0) is 6.07 Å². The highest BCUT2D eigenvalue weighted by molar-refractivity contribution is 6.36. The van der Waals surface area contributed by atoms with Gasteiger partial charge >= 0.3 is 0 Å². The van der Waals surface area contributed by atoms with Crippen molar-refractivity contribution in [3.05, 3.63) is 22.8 Å². The van der Waals surface area contributed by atoms with E-state index in [4.69, 9.17) is 32.6 Å². The fraction of sp³-hybridized carbons (Fsp3) is 0.455. The van der Waals surface area contributed by atoms with Crippen LogP contribution in [0.1, 0.15) is 5.56 Å². The average molecular weight is 271 g/mol. The predicted molar refractivity (Wildman–Crippen MR) is 69.3 cm³/mol. The number of aromatic nitrogens is 1. The Morgan fingerprint density at radius 1 is 1.72 bits per heavy atom. The minimum atomic E-state index is -0.238. The number of pyridine rings is 1. The molecule has 0 amide bonds. The third kappa shape index (κ3) is 2.55. The van der Waals surface area contributed by atoms with Crippen LogP contribution >= 0.6 is 11.6 Å². The Balaban J connectivity index is 2.27. The topological polar surface area (TPSA) is 95.5 Å². The Labute approximate surface area is 110 Å². The molecule has 0 saturated carbocycles. The molecule has 1 aliphatic heterocycles. The lowest BCUT2D eigenvalue weighted by molar-refractivity contribution is 0.00337. The Morgan fingerprint density at radius 2 is 2.50 bits per heavy atom. The van der Waals surface area contributed by atoms with Crippen molar-refractivity contribution in [1.29, 1.82) is 5.41 Å². The highest BCUT2D eigenvalue weighted by Crippen LogP contribution is 2.27. The first kappa shape index (κ1) is 13.1. The summed E-state index contributed by atoms with van der Waals surface area (Å²) in [5, 5.41) is 16.9. The van der Waals surface area contributed by atoms with Crippen LogP contribution in [0.15, 0.2) is 12.3 Å². The summed E-state index contributed by atoms with van der Waals surface area (Å²) in [5.74, 6) is 0.488. The largest absolute Gasteiger partial charge is 0.394 e. The number of anilines is 1. The van der Waals surface area contributed by atoms with Gasteiger partial charge in [0, 0.05) is 24.8 Å². The molecule has 0 radical (unpaired) electrons. The van der Waals surface area contributed by atoms with Crippen LogP contribution in [0.4, 0.5) is 5.82 Å². The van der Waals surface area contributed by atoms with Gasteiger partial charge in [0.2, 0.25) is 0 Å². The number of aliphatic hydroxyl groups excluding tert-OH is 1. The number of nitrogens with two attached hydrogens (primary N) is 1. The van der Waals surface area contributed by atoms with Crippen LogP contribution < -0.4 is 10.6 Å². The van der Waals surface area contributed by atoms with Gasteiger partial charge in [-0.15, -0.1) is 0 Å². The maximum Gasteiger partial charge on any atom is 0.148 e. The monoisotopic (exact) mass is 270 g/mol. The maximum absolute atomic E-state index is 9.11. The second kappa shape index (κ2) is 5.51.